The molecular weight excluding hydrogens is 242 g/mol. The Kier molecular flexibility index (Phi) is 4.07. The predicted octanol–water partition coefficient (Wildman–Crippen LogP) is 1.09. The highest BCUT2D eigenvalue weighted by atomic mass is 16.1. The van der Waals surface area contributed by atoms with Gasteiger partial charge in [-0.1, -0.05) is 18.2 Å². The maximum Gasteiger partial charge on any atom is 0.261 e. The second-order valence-corrected chi connectivity index (χ2v) is 4.10. The van der Waals surface area contributed by atoms with Crippen molar-refractivity contribution in [1.29, 1.82) is 0 Å². The van der Waals surface area contributed by atoms with E-state index in [4.69, 9.17) is 0 Å². The van der Waals surface area contributed by atoms with E-state index in [2.05, 4.69) is 16.9 Å². The van der Waals surface area contributed by atoms with Crippen LogP contribution in [0.4, 0.5) is 0 Å². The third-order valence-corrected chi connectivity index (χ3v) is 2.75. The minimum absolute atomic E-state index is 0.111. The number of aromatic nitrogens is 2. The number of fused-ring (bicyclic) bond motifs is 1. The van der Waals surface area contributed by atoms with Gasteiger partial charge >= 0.3 is 0 Å². The lowest BCUT2D eigenvalue weighted by Crippen LogP contribution is -2.27. The van der Waals surface area contributed by atoms with Crippen molar-refractivity contribution < 1.29 is 4.79 Å². The summed E-state index contributed by atoms with van der Waals surface area (Å²) in [7, 11) is 0. The molecule has 19 heavy (non-hydrogen) atoms. The Morgan fingerprint density at radius 2 is 2.21 bits per heavy atom. The average Bonchev–Trinajstić information content (AvgIpc) is 2.44. The maximum atomic E-state index is 12.1. The van der Waals surface area contributed by atoms with Gasteiger partial charge in [0, 0.05) is 19.5 Å². The molecule has 1 aromatic carbocycles. The Labute approximate surface area is 110 Å². The van der Waals surface area contributed by atoms with Crippen LogP contribution >= 0.6 is 0 Å². The minimum Gasteiger partial charge on any atom is -0.353 e. The van der Waals surface area contributed by atoms with Crippen molar-refractivity contribution in [3.8, 4) is 0 Å². The summed E-state index contributed by atoms with van der Waals surface area (Å²) in [6.45, 7) is 4.27. The first-order chi connectivity index (χ1) is 9.22. The summed E-state index contributed by atoms with van der Waals surface area (Å²) in [6.07, 6.45) is 3.33. The first-order valence-corrected chi connectivity index (χ1v) is 6.04. The van der Waals surface area contributed by atoms with Gasteiger partial charge in [0.25, 0.3) is 5.56 Å². The zero-order valence-corrected chi connectivity index (χ0v) is 10.5. The lowest BCUT2D eigenvalue weighted by Gasteiger charge is -2.06. The molecule has 0 radical (unpaired) electrons. The number of para-hydroxylation sites is 1. The number of hydrogen-bond acceptors (Lipinski definition) is 3. The molecule has 0 aliphatic carbocycles. The highest BCUT2D eigenvalue weighted by Crippen LogP contribution is 2.04. The van der Waals surface area contributed by atoms with Gasteiger partial charge in [0.2, 0.25) is 5.91 Å². The molecule has 0 saturated carbocycles. The predicted molar refractivity (Wildman–Crippen MR) is 73.8 cm³/mol. The molecule has 0 bridgehead atoms. The number of rotatable bonds is 5. The Morgan fingerprint density at radius 1 is 1.42 bits per heavy atom. The largest absolute Gasteiger partial charge is 0.353 e. The van der Waals surface area contributed by atoms with Crippen LogP contribution in [0.3, 0.4) is 0 Å². The van der Waals surface area contributed by atoms with Crippen LogP contribution < -0.4 is 10.9 Å². The lowest BCUT2D eigenvalue weighted by molar-refractivity contribution is -0.121. The van der Waals surface area contributed by atoms with Gasteiger partial charge in [-0.25, -0.2) is 4.98 Å². The second-order valence-electron chi connectivity index (χ2n) is 4.10. The second kappa shape index (κ2) is 5.95. The molecule has 1 N–H and O–H groups in total. The van der Waals surface area contributed by atoms with Crippen LogP contribution in [0.1, 0.15) is 6.42 Å². The molecule has 0 fully saturated rings. The standard InChI is InChI=1S/C14H15N3O2/c1-2-8-15-13(18)7-9-17-10-16-12-6-4-3-5-11(12)14(17)19/h2-6,10H,1,7-9H2,(H,15,18). The molecule has 2 aromatic rings. The molecule has 0 aliphatic rings. The van der Waals surface area contributed by atoms with E-state index in [9.17, 15) is 9.59 Å². The monoisotopic (exact) mass is 257 g/mol. The zero-order valence-electron chi connectivity index (χ0n) is 10.5. The van der Waals surface area contributed by atoms with E-state index in [1.165, 1.54) is 10.9 Å². The van der Waals surface area contributed by atoms with E-state index in [1.54, 1.807) is 24.3 Å². The first kappa shape index (κ1) is 13.0. The van der Waals surface area contributed by atoms with E-state index in [0.29, 0.717) is 24.0 Å². The van der Waals surface area contributed by atoms with Crippen LogP contribution in [0, 0.1) is 0 Å². The Hall–Kier alpha value is -2.43. The third-order valence-electron chi connectivity index (χ3n) is 2.75. The number of aryl methyl sites for hydroxylation is 1. The molecule has 0 saturated heterocycles. The topological polar surface area (TPSA) is 64.0 Å². The van der Waals surface area contributed by atoms with Crippen LogP contribution in [-0.4, -0.2) is 22.0 Å². The molecule has 1 aromatic heterocycles. The molecule has 0 spiro atoms. The Morgan fingerprint density at radius 3 is 3.00 bits per heavy atom. The molecular formula is C14H15N3O2. The summed E-state index contributed by atoms with van der Waals surface area (Å²) >= 11 is 0. The van der Waals surface area contributed by atoms with Gasteiger partial charge in [0.05, 0.1) is 17.2 Å². The van der Waals surface area contributed by atoms with Crippen LogP contribution in [0.2, 0.25) is 0 Å². The SMILES string of the molecule is C=CCNC(=O)CCn1cnc2ccccc2c1=O. The van der Waals surface area contributed by atoms with Gasteiger partial charge in [-0.05, 0) is 12.1 Å². The van der Waals surface area contributed by atoms with E-state index in [1.807, 2.05) is 6.07 Å². The summed E-state index contributed by atoms with van der Waals surface area (Å²) in [6, 6.07) is 7.16. The van der Waals surface area contributed by atoms with Gasteiger partial charge < -0.3 is 5.32 Å². The van der Waals surface area contributed by atoms with Crippen molar-refractivity contribution in [3.05, 3.63) is 53.6 Å². The van der Waals surface area contributed by atoms with Crippen molar-refractivity contribution in [3.63, 3.8) is 0 Å². The van der Waals surface area contributed by atoms with E-state index >= 15 is 0 Å². The molecule has 1 heterocycles. The molecule has 0 aliphatic heterocycles. The molecule has 5 heteroatoms. The molecule has 98 valence electrons. The van der Waals surface area contributed by atoms with E-state index in [-0.39, 0.29) is 17.9 Å². The van der Waals surface area contributed by atoms with Crippen molar-refractivity contribution in [2.45, 2.75) is 13.0 Å². The van der Waals surface area contributed by atoms with Crippen LogP contribution in [0.15, 0.2) is 48.0 Å². The fraction of sp³-hybridized carbons (Fsp3) is 0.214. The first-order valence-electron chi connectivity index (χ1n) is 6.04. The van der Waals surface area contributed by atoms with Gasteiger partial charge in [-0.2, -0.15) is 0 Å². The van der Waals surface area contributed by atoms with Crippen molar-refractivity contribution in [2.24, 2.45) is 0 Å². The Balaban J connectivity index is 2.13. The number of nitrogens with one attached hydrogen (secondary N) is 1. The highest BCUT2D eigenvalue weighted by molar-refractivity contribution is 5.77. The van der Waals surface area contributed by atoms with Crippen LogP contribution in [0.25, 0.3) is 10.9 Å². The summed E-state index contributed by atoms with van der Waals surface area (Å²) in [5.74, 6) is -0.111. The molecule has 0 atom stereocenters. The fourth-order valence-corrected chi connectivity index (χ4v) is 1.76. The molecule has 0 unspecified atom stereocenters. The fourth-order valence-electron chi connectivity index (χ4n) is 1.76. The Bertz CT molecular complexity index is 661. The van der Waals surface area contributed by atoms with E-state index < -0.39 is 0 Å². The van der Waals surface area contributed by atoms with Crippen LogP contribution in [0.5, 0.6) is 0 Å². The number of amides is 1. The number of nitrogens with zero attached hydrogens (tertiary/aromatic N) is 2. The smallest absolute Gasteiger partial charge is 0.261 e. The lowest BCUT2D eigenvalue weighted by atomic mass is 10.2. The van der Waals surface area contributed by atoms with Gasteiger partial charge in [0.1, 0.15) is 0 Å². The van der Waals surface area contributed by atoms with Gasteiger partial charge in [0.15, 0.2) is 0 Å². The summed E-state index contributed by atoms with van der Waals surface area (Å²) < 4.78 is 1.45. The number of hydrogen-bond donors (Lipinski definition) is 1. The maximum absolute atomic E-state index is 12.1. The van der Waals surface area contributed by atoms with Crippen molar-refractivity contribution in [1.82, 2.24) is 14.9 Å². The normalized spacial score (nSPS) is 10.3. The van der Waals surface area contributed by atoms with Gasteiger partial charge in [-0.3, -0.25) is 14.2 Å². The van der Waals surface area contributed by atoms with Gasteiger partial charge in [-0.15, -0.1) is 6.58 Å². The summed E-state index contributed by atoms with van der Waals surface area (Å²) in [5, 5.41) is 3.23. The summed E-state index contributed by atoms with van der Waals surface area (Å²) in [5.41, 5.74) is 0.543. The molecule has 2 rings (SSSR count). The van der Waals surface area contributed by atoms with Crippen molar-refractivity contribution >= 4 is 16.8 Å². The zero-order chi connectivity index (χ0) is 13.7. The van der Waals surface area contributed by atoms with E-state index in [0.717, 1.165) is 0 Å². The molecule has 5 nitrogen and oxygen atoms in total. The quantitative estimate of drug-likeness (QED) is 0.815. The van der Waals surface area contributed by atoms with Crippen molar-refractivity contribution in [2.75, 3.05) is 6.54 Å². The number of carbonyl (C=O) groups excluding carboxylic acids is 1. The average molecular weight is 257 g/mol. The highest BCUT2D eigenvalue weighted by Gasteiger charge is 2.05. The summed E-state index contributed by atoms with van der Waals surface area (Å²) in [4.78, 5) is 27.8. The minimum atomic E-state index is -0.123. The number of carbonyl (C=O) groups is 1. The molecule has 1 amide bonds. The third kappa shape index (κ3) is 3.07. The van der Waals surface area contributed by atoms with Crippen LogP contribution in [-0.2, 0) is 11.3 Å². The number of benzene rings is 1.